The Morgan fingerprint density at radius 3 is 2.61 bits per heavy atom. The molecule has 3 heterocycles. The highest BCUT2D eigenvalue weighted by molar-refractivity contribution is 5.82. The molecule has 5 rings (SSSR count). The molecule has 0 spiro atoms. The third-order valence-corrected chi connectivity index (χ3v) is 7.12. The molecule has 1 aromatic carbocycles. The first-order valence-electron chi connectivity index (χ1n) is 12.0. The normalized spacial score (nSPS) is 20.9. The summed E-state index contributed by atoms with van der Waals surface area (Å²) in [6, 6.07) is 11.2. The molecule has 2 aliphatic rings. The lowest BCUT2D eigenvalue weighted by molar-refractivity contribution is -0.144. The minimum atomic E-state index is -1.13. The molecule has 0 unspecified atom stereocenters. The van der Waals surface area contributed by atoms with E-state index in [4.69, 9.17) is 5.26 Å². The van der Waals surface area contributed by atoms with Crippen molar-refractivity contribution >= 4 is 22.8 Å². The zero-order valence-corrected chi connectivity index (χ0v) is 19.7. The van der Waals surface area contributed by atoms with Crippen LogP contribution in [0.2, 0.25) is 0 Å². The van der Waals surface area contributed by atoms with Crippen molar-refractivity contribution in [1.82, 2.24) is 29.5 Å². The minimum Gasteiger partial charge on any atom is -0.388 e. The predicted octanol–water partition coefficient (Wildman–Crippen LogP) is 0.744. The Labute approximate surface area is 207 Å². The molecule has 11 nitrogen and oxygen atoms in total. The number of nitrogens with one attached hydrogen (secondary N) is 1. The highest BCUT2D eigenvalue weighted by Gasteiger charge is 2.41. The van der Waals surface area contributed by atoms with E-state index in [2.05, 4.69) is 15.4 Å². The molecule has 2 N–H and O–H groups in total. The summed E-state index contributed by atoms with van der Waals surface area (Å²) in [6.07, 6.45) is 4.58. The van der Waals surface area contributed by atoms with E-state index < -0.39 is 5.60 Å². The maximum absolute atomic E-state index is 13.1. The molecule has 1 aliphatic carbocycles. The van der Waals surface area contributed by atoms with Gasteiger partial charge < -0.3 is 15.3 Å². The van der Waals surface area contributed by atoms with Crippen LogP contribution >= 0.6 is 0 Å². The van der Waals surface area contributed by atoms with Crippen LogP contribution in [-0.2, 0) is 16.1 Å². The number of piperidine rings is 1. The highest BCUT2D eigenvalue weighted by atomic mass is 16.3. The Kier molecular flexibility index (Phi) is 6.28. The number of fused-ring (bicyclic) bond motifs is 1. The zero-order valence-electron chi connectivity index (χ0n) is 19.7. The largest absolute Gasteiger partial charge is 0.388 e. The molecule has 2 aromatic heterocycles. The smallest absolute Gasteiger partial charge is 0.264 e. The van der Waals surface area contributed by atoms with Gasteiger partial charge in [-0.3, -0.25) is 19.0 Å². The van der Waals surface area contributed by atoms with Crippen molar-refractivity contribution in [2.75, 3.05) is 13.1 Å². The Balaban J connectivity index is 1.19. The summed E-state index contributed by atoms with van der Waals surface area (Å²) in [6.45, 7) is 0.880. The second-order valence-electron chi connectivity index (χ2n) is 9.62. The van der Waals surface area contributed by atoms with Crippen LogP contribution in [0.15, 0.2) is 47.7 Å². The fourth-order valence-electron chi connectivity index (χ4n) is 4.98. The van der Waals surface area contributed by atoms with Crippen LogP contribution in [0.1, 0.15) is 32.1 Å². The van der Waals surface area contributed by atoms with Gasteiger partial charge in [0.1, 0.15) is 18.1 Å². The summed E-state index contributed by atoms with van der Waals surface area (Å²) >= 11 is 0. The van der Waals surface area contributed by atoms with Crippen molar-refractivity contribution in [2.24, 2.45) is 5.92 Å². The summed E-state index contributed by atoms with van der Waals surface area (Å²) in [5, 5.41) is 27.2. The van der Waals surface area contributed by atoms with Gasteiger partial charge in [-0.1, -0.05) is 18.2 Å². The number of benzene rings is 1. The first-order chi connectivity index (χ1) is 17.4. The van der Waals surface area contributed by atoms with Crippen LogP contribution in [-0.4, -0.2) is 65.9 Å². The lowest BCUT2D eigenvalue weighted by Crippen LogP contribution is -2.54. The fraction of sp³-hybridized carbons (Fsp3) is 0.440. The van der Waals surface area contributed by atoms with Gasteiger partial charge >= 0.3 is 0 Å². The summed E-state index contributed by atoms with van der Waals surface area (Å²) in [5.74, 6) is -0.442. The average Bonchev–Trinajstić information content (AvgIpc) is 3.29. The minimum absolute atomic E-state index is 0.0245. The van der Waals surface area contributed by atoms with Crippen LogP contribution in [0.5, 0.6) is 0 Å². The second kappa shape index (κ2) is 9.54. The van der Waals surface area contributed by atoms with Gasteiger partial charge in [0.05, 0.1) is 30.1 Å². The SMILES string of the molecule is N#CCC(=O)N[C@H]1C[C@H](C(=O)N2CCC(O)(Cn3cnc4c(cnn4-c4ccccc4)c3=O)CC2)C1. The van der Waals surface area contributed by atoms with Crippen molar-refractivity contribution < 1.29 is 14.7 Å². The van der Waals surface area contributed by atoms with Crippen molar-refractivity contribution in [3.8, 4) is 11.8 Å². The van der Waals surface area contributed by atoms with Crippen LogP contribution in [0.3, 0.4) is 0 Å². The molecule has 2 amide bonds. The van der Waals surface area contributed by atoms with Gasteiger partial charge in [0.25, 0.3) is 5.56 Å². The van der Waals surface area contributed by atoms with E-state index in [9.17, 15) is 19.5 Å². The number of carbonyl (C=O) groups is 2. The molecule has 1 aliphatic heterocycles. The molecule has 0 atom stereocenters. The van der Waals surface area contributed by atoms with Crippen molar-refractivity contribution in [3.63, 3.8) is 0 Å². The number of aromatic nitrogens is 4. The number of para-hydroxylation sites is 1. The van der Waals surface area contributed by atoms with E-state index in [-0.39, 0.29) is 42.3 Å². The van der Waals surface area contributed by atoms with Gasteiger partial charge in [0.2, 0.25) is 11.8 Å². The van der Waals surface area contributed by atoms with Crippen molar-refractivity contribution in [1.29, 1.82) is 5.26 Å². The molecule has 186 valence electrons. The van der Waals surface area contributed by atoms with Gasteiger partial charge in [0.15, 0.2) is 5.65 Å². The molecule has 11 heteroatoms. The van der Waals surface area contributed by atoms with Crippen LogP contribution in [0, 0.1) is 17.2 Å². The topological polar surface area (TPSA) is 146 Å². The maximum atomic E-state index is 13.1. The summed E-state index contributed by atoms with van der Waals surface area (Å²) in [7, 11) is 0. The summed E-state index contributed by atoms with van der Waals surface area (Å²) < 4.78 is 3.02. The number of aliphatic hydroxyl groups is 1. The van der Waals surface area contributed by atoms with Crippen molar-refractivity contribution in [3.05, 3.63) is 53.2 Å². The molecule has 36 heavy (non-hydrogen) atoms. The number of hydrogen-bond donors (Lipinski definition) is 2. The van der Waals surface area contributed by atoms with Gasteiger partial charge in [-0.05, 0) is 37.8 Å². The maximum Gasteiger partial charge on any atom is 0.264 e. The fourth-order valence-corrected chi connectivity index (χ4v) is 4.98. The lowest BCUT2D eigenvalue weighted by Gasteiger charge is -2.42. The van der Waals surface area contributed by atoms with Gasteiger partial charge in [0, 0.05) is 25.0 Å². The number of rotatable bonds is 6. The molecule has 0 bridgehead atoms. The molecule has 2 fully saturated rings. The van der Waals surface area contributed by atoms with Crippen LogP contribution in [0.4, 0.5) is 0 Å². The quantitative estimate of drug-likeness (QED) is 0.519. The van der Waals surface area contributed by atoms with Crippen LogP contribution < -0.4 is 10.9 Å². The predicted molar refractivity (Wildman–Crippen MR) is 129 cm³/mol. The monoisotopic (exact) mass is 489 g/mol. The first-order valence-corrected chi connectivity index (χ1v) is 12.0. The van der Waals surface area contributed by atoms with Gasteiger partial charge in [-0.25, -0.2) is 9.67 Å². The number of nitriles is 1. The van der Waals surface area contributed by atoms with E-state index >= 15 is 0 Å². The second-order valence-corrected chi connectivity index (χ2v) is 9.62. The molecule has 3 aromatic rings. The van der Waals surface area contributed by atoms with Gasteiger partial charge in [-0.2, -0.15) is 10.4 Å². The third-order valence-electron chi connectivity index (χ3n) is 7.12. The molecule has 0 radical (unpaired) electrons. The first kappa shape index (κ1) is 23.7. The Morgan fingerprint density at radius 2 is 1.92 bits per heavy atom. The Bertz CT molecular complexity index is 1380. The van der Waals surface area contributed by atoms with E-state index in [1.807, 2.05) is 36.4 Å². The van der Waals surface area contributed by atoms with E-state index in [1.54, 1.807) is 9.58 Å². The van der Waals surface area contributed by atoms with Gasteiger partial charge in [-0.15, -0.1) is 0 Å². The standard InChI is InChI=1S/C25H27N7O4/c26-9-6-21(33)29-18-12-17(13-18)23(34)30-10-7-25(36,8-11-30)15-31-16-27-22-20(24(31)35)14-28-32(22)19-4-2-1-3-5-19/h1-5,14,16-18,36H,6-8,10-13,15H2,(H,29,33)/t17-,18-. The van der Waals surface area contributed by atoms with E-state index in [1.165, 1.54) is 17.1 Å². The lowest BCUT2D eigenvalue weighted by atomic mass is 9.78. The van der Waals surface area contributed by atoms with Crippen LogP contribution in [0.25, 0.3) is 16.7 Å². The average molecular weight is 490 g/mol. The molecule has 1 saturated heterocycles. The Hall–Kier alpha value is -4.04. The number of amides is 2. The van der Waals surface area contributed by atoms with E-state index in [0.29, 0.717) is 49.8 Å². The summed E-state index contributed by atoms with van der Waals surface area (Å²) in [5.41, 5.74) is -0.139. The molecular formula is C25H27N7O4. The highest BCUT2D eigenvalue weighted by Crippen LogP contribution is 2.32. The number of nitrogens with zero attached hydrogens (tertiary/aromatic N) is 6. The Morgan fingerprint density at radius 1 is 1.19 bits per heavy atom. The zero-order chi connectivity index (χ0) is 25.3. The van der Waals surface area contributed by atoms with Crippen molar-refractivity contribution in [2.45, 2.75) is 50.3 Å². The summed E-state index contributed by atoms with van der Waals surface area (Å²) in [4.78, 5) is 43.6. The number of likely N-dealkylation sites (tertiary alicyclic amines) is 1. The van der Waals surface area contributed by atoms with E-state index in [0.717, 1.165) is 5.69 Å². The number of carbonyl (C=O) groups excluding carboxylic acids is 2. The molecule has 1 saturated carbocycles. The molecular weight excluding hydrogens is 462 g/mol. The third kappa shape index (κ3) is 4.59. The number of hydrogen-bond acceptors (Lipinski definition) is 7.